The molecule has 1 N–H and O–H groups in total. The number of nitrogens with one attached hydrogen (secondary N) is 1. The van der Waals surface area contributed by atoms with Gasteiger partial charge in [0.05, 0.1) is 11.7 Å². The van der Waals surface area contributed by atoms with Crippen LogP contribution < -0.4 is 10.9 Å². The van der Waals surface area contributed by atoms with E-state index in [0.29, 0.717) is 16.7 Å². The van der Waals surface area contributed by atoms with Crippen molar-refractivity contribution in [2.45, 2.75) is 50.7 Å². The van der Waals surface area contributed by atoms with E-state index in [1.807, 2.05) is 39.8 Å². The number of fused-ring (bicyclic) bond motifs is 1. The molecule has 1 aliphatic heterocycles. The van der Waals surface area contributed by atoms with Crippen molar-refractivity contribution in [3.05, 3.63) is 46.0 Å². The number of rotatable bonds is 3. The molecule has 0 radical (unpaired) electrons. The maximum Gasteiger partial charge on any atom is 0.254 e. The molecule has 0 spiro atoms. The van der Waals surface area contributed by atoms with Crippen molar-refractivity contribution >= 4 is 23.5 Å². The molecule has 0 saturated carbocycles. The zero-order chi connectivity index (χ0) is 18.2. The number of carbonyl (C=O) groups excluding carboxylic acids is 1. The van der Waals surface area contributed by atoms with Crippen LogP contribution in [0.2, 0.25) is 0 Å². The maximum absolute atomic E-state index is 12.5. The molecular formula is C18H22N4O2S. The van der Waals surface area contributed by atoms with Gasteiger partial charge < -0.3 is 5.32 Å². The van der Waals surface area contributed by atoms with E-state index in [4.69, 9.17) is 0 Å². The number of aryl methyl sites for hydroxylation is 1. The van der Waals surface area contributed by atoms with Gasteiger partial charge in [0, 0.05) is 29.9 Å². The fourth-order valence-corrected chi connectivity index (χ4v) is 3.85. The number of anilines is 1. The Balaban J connectivity index is 1.77. The van der Waals surface area contributed by atoms with Crippen LogP contribution in [0.1, 0.15) is 44.5 Å². The van der Waals surface area contributed by atoms with Gasteiger partial charge in [-0.3, -0.25) is 14.2 Å². The van der Waals surface area contributed by atoms with Gasteiger partial charge in [0.15, 0.2) is 5.16 Å². The zero-order valence-electron chi connectivity index (χ0n) is 14.9. The third-order valence-corrected chi connectivity index (χ3v) is 5.16. The van der Waals surface area contributed by atoms with Crippen LogP contribution in [-0.2, 0) is 10.2 Å². The Morgan fingerprint density at radius 2 is 2.16 bits per heavy atom. The molecular weight excluding hydrogens is 336 g/mol. The average molecular weight is 358 g/mol. The second-order valence-corrected chi connectivity index (χ2v) is 8.30. The first-order chi connectivity index (χ1) is 11.7. The molecule has 6 nitrogen and oxygen atoms in total. The smallest absolute Gasteiger partial charge is 0.254 e. The molecule has 25 heavy (non-hydrogen) atoms. The predicted molar refractivity (Wildman–Crippen MR) is 99.2 cm³/mol. The van der Waals surface area contributed by atoms with Crippen LogP contribution in [0.5, 0.6) is 0 Å². The van der Waals surface area contributed by atoms with Crippen molar-refractivity contribution < 1.29 is 4.79 Å². The minimum Gasteiger partial charge on any atom is -0.311 e. The van der Waals surface area contributed by atoms with Gasteiger partial charge in [-0.15, -0.1) is 0 Å². The van der Waals surface area contributed by atoms with E-state index >= 15 is 0 Å². The second kappa shape index (κ2) is 6.63. The predicted octanol–water partition coefficient (Wildman–Crippen LogP) is 2.92. The molecule has 3 rings (SSSR count). The molecule has 132 valence electrons. The summed E-state index contributed by atoms with van der Waals surface area (Å²) in [5.74, 6) is 1.05. The van der Waals surface area contributed by atoms with E-state index in [2.05, 4.69) is 15.3 Å². The third-order valence-electron chi connectivity index (χ3n) is 4.06. The van der Waals surface area contributed by atoms with E-state index in [1.54, 1.807) is 16.8 Å². The summed E-state index contributed by atoms with van der Waals surface area (Å²) in [5.41, 5.74) is 1.54. The molecule has 7 heteroatoms. The van der Waals surface area contributed by atoms with Crippen molar-refractivity contribution in [3.8, 4) is 0 Å². The molecule has 2 aromatic rings. The Morgan fingerprint density at radius 1 is 1.40 bits per heavy atom. The van der Waals surface area contributed by atoms with Gasteiger partial charge in [-0.2, -0.15) is 0 Å². The number of amides is 1. The summed E-state index contributed by atoms with van der Waals surface area (Å²) in [5, 5.41) is 3.50. The molecule has 1 amide bonds. The van der Waals surface area contributed by atoms with Gasteiger partial charge in [0.25, 0.3) is 5.56 Å². The third kappa shape index (κ3) is 3.92. The lowest BCUT2D eigenvalue weighted by molar-refractivity contribution is -0.116. The Kier molecular flexibility index (Phi) is 4.69. The van der Waals surface area contributed by atoms with E-state index < -0.39 is 0 Å². The van der Waals surface area contributed by atoms with Crippen LogP contribution in [0.3, 0.4) is 0 Å². The normalized spacial score (nSPS) is 16.6. The number of pyridine rings is 1. The fraction of sp³-hybridized carbons (Fsp3) is 0.444. The fourth-order valence-electron chi connectivity index (χ4n) is 2.70. The highest BCUT2D eigenvalue weighted by Gasteiger charge is 2.29. The van der Waals surface area contributed by atoms with Crippen LogP contribution in [0.4, 0.5) is 5.82 Å². The summed E-state index contributed by atoms with van der Waals surface area (Å²) >= 11 is 1.53. The monoisotopic (exact) mass is 358 g/mol. The lowest BCUT2D eigenvalue weighted by atomic mass is 9.92. The maximum atomic E-state index is 12.5. The molecule has 3 heterocycles. The molecule has 1 atom stereocenters. The van der Waals surface area contributed by atoms with Gasteiger partial charge in [0.1, 0.15) is 5.82 Å². The van der Waals surface area contributed by atoms with E-state index in [0.717, 1.165) is 11.3 Å². The molecule has 0 fully saturated rings. The van der Waals surface area contributed by atoms with E-state index in [1.165, 1.54) is 11.8 Å². The molecule has 0 saturated heterocycles. The average Bonchev–Trinajstić information content (AvgIpc) is 2.89. The molecule has 0 aromatic carbocycles. The first kappa shape index (κ1) is 17.7. The SMILES string of the molecule is Cc1ccnc(NC(=O)CC2CSc3nc(C(C)(C)C)cc(=O)n32)c1. The van der Waals surface area contributed by atoms with Gasteiger partial charge in [-0.25, -0.2) is 9.97 Å². The summed E-state index contributed by atoms with van der Waals surface area (Å²) < 4.78 is 1.64. The number of hydrogen-bond acceptors (Lipinski definition) is 5. The van der Waals surface area contributed by atoms with Crippen molar-refractivity contribution in [3.63, 3.8) is 0 Å². The summed E-state index contributed by atoms with van der Waals surface area (Å²) in [4.78, 5) is 33.6. The second-order valence-electron chi connectivity index (χ2n) is 7.32. The number of carbonyl (C=O) groups is 1. The molecule has 0 bridgehead atoms. The van der Waals surface area contributed by atoms with Gasteiger partial charge in [-0.05, 0) is 24.6 Å². The van der Waals surface area contributed by atoms with Crippen LogP contribution in [-0.4, -0.2) is 26.2 Å². The van der Waals surface area contributed by atoms with Crippen LogP contribution >= 0.6 is 11.8 Å². The lowest BCUT2D eigenvalue weighted by Crippen LogP contribution is -2.29. The Bertz CT molecular complexity index is 870. The van der Waals surface area contributed by atoms with Gasteiger partial charge >= 0.3 is 0 Å². The van der Waals surface area contributed by atoms with Crippen LogP contribution in [0, 0.1) is 6.92 Å². The minimum atomic E-state index is -0.182. The Hall–Kier alpha value is -2.15. The Morgan fingerprint density at radius 3 is 2.84 bits per heavy atom. The number of hydrogen-bond donors (Lipinski definition) is 1. The number of aromatic nitrogens is 3. The molecule has 0 aliphatic carbocycles. The number of thioether (sulfide) groups is 1. The summed E-state index contributed by atoms with van der Waals surface area (Å²) in [6.07, 6.45) is 1.89. The van der Waals surface area contributed by atoms with E-state index in [9.17, 15) is 9.59 Å². The Labute approximate surface area is 151 Å². The van der Waals surface area contributed by atoms with E-state index in [-0.39, 0.29) is 29.3 Å². The van der Waals surface area contributed by atoms with Crippen molar-refractivity contribution in [2.75, 3.05) is 11.1 Å². The first-order valence-electron chi connectivity index (χ1n) is 8.23. The highest BCUT2D eigenvalue weighted by Crippen LogP contribution is 2.33. The van der Waals surface area contributed by atoms with Crippen molar-refractivity contribution in [1.82, 2.24) is 14.5 Å². The van der Waals surface area contributed by atoms with Crippen LogP contribution in [0.25, 0.3) is 0 Å². The standard InChI is InChI=1S/C18H22N4O2S/c1-11-5-6-19-14(7-11)21-15(23)8-12-10-25-17-20-13(18(2,3)4)9-16(24)22(12)17/h5-7,9,12H,8,10H2,1-4H3,(H,19,21,23). The highest BCUT2D eigenvalue weighted by atomic mass is 32.2. The topological polar surface area (TPSA) is 76.9 Å². The largest absolute Gasteiger partial charge is 0.311 e. The number of nitrogens with zero attached hydrogens (tertiary/aromatic N) is 3. The molecule has 1 unspecified atom stereocenters. The van der Waals surface area contributed by atoms with Crippen LogP contribution in [0.15, 0.2) is 34.3 Å². The van der Waals surface area contributed by atoms with Gasteiger partial charge in [-0.1, -0.05) is 32.5 Å². The van der Waals surface area contributed by atoms with Crippen molar-refractivity contribution in [1.29, 1.82) is 0 Å². The lowest BCUT2D eigenvalue weighted by Gasteiger charge is -2.19. The first-order valence-corrected chi connectivity index (χ1v) is 9.22. The summed E-state index contributed by atoms with van der Waals surface area (Å²) in [6, 6.07) is 5.09. The quantitative estimate of drug-likeness (QED) is 0.854. The molecule has 2 aromatic heterocycles. The highest BCUT2D eigenvalue weighted by molar-refractivity contribution is 7.99. The van der Waals surface area contributed by atoms with Gasteiger partial charge in [0.2, 0.25) is 5.91 Å². The summed E-state index contributed by atoms with van der Waals surface area (Å²) in [6.45, 7) is 8.04. The zero-order valence-corrected chi connectivity index (χ0v) is 15.7. The minimum absolute atomic E-state index is 0.0913. The van der Waals surface area contributed by atoms with Crippen molar-refractivity contribution in [2.24, 2.45) is 0 Å². The molecule has 1 aliphatic rings. The summed E-state index contributed by atoms with van der Waals surface area (Å²) in [7, 11) is 0.